The van der Waals surface area contributed by atoms with E-state index in [9.17, 15) is 14.0 Å². The number of thioether (sulfide) groups is 1. The molecule has 1 aromatic carbocycles. The van der Waals surface area contributed by atoms with Crippen LogP contribution in [0.15, 0.2) is 29.2 Å². The second kappa shape index (κ2) is 9.36. The molecule has 0 aromatic heterocycles. The minimum absolute atomic E-state index is 0.0464. The number of carbonyl (C=O) groups excluding carboxylic acids is 1. The molecule has 0 aliphatic carbocycles. The van der Waals surface area contributed by atoms with E-state index >= 15 is 0 Å². The molecule has 0 saturated heterocycles. The van der Waals surface area contributed by atoms with Gasteiger partial charge in [0.15, 0.2) is 0 Å². The van der Waals surface area contributed by atoms with Gasteiger partial charge in [-0.1, -0.05) is 0 Å². The van der Waals surface area contributed by atoms with Crippen LogP contribution < -0.4 is 5.32 Å². The Labute approximate surface area is 121 Å². The van der Waals surface area contributed by atoms with Crippen molar-refractivity contribution in [3.8, 4) is 0 Å². The zero-order chi connectivity index (χ0) is 14.8. The number of amides is 1. The third-order valence-electron chi connectivity index (χ3n) is 2.55. The van der Waals surface area contributed by atoms with E-state index in [4.69, 9.17) is 5.11 Å². The monoisotopic (exact) mass is 299 g/mol. The number of carboxylic acids is 1. The highest BCUT2D eigenvalue weighted by Gasteiger charge is 2.02. The maximum atomic E-state index is 12.7. The highest BCUT2D eigenvalue weighted by atomic mass is 32.2. The molecular weight excluding hydrogens is 281 g/mol. The van der Waals surface area contributed by atoms with E-state index < -0.39 is 5.97 Å². The summed E-state index contributed by atoms with van der Waals surface area (Å²) >= 11 is 1.50. The van der Waals surface area contributed by atoms with Crippen molar-refractivity contribution >= 4 is 23.6 Å². The third-order valence-corrected chi connectivity index (χ3v) is 3.56. The van der Waals surface area contributed by atoms with Crippen molar-refractivity contribution < 1.29 is 19.1 Å². The Bertz CT molecular complexity index is 437. The number of unbranched alkanes of at least 4 members (excludes halogenated alkanes) is 1. The van der Waals surface area contributed by atoms with Gasteiger partial charge >= 0.3 is 5.97 Å². The van der Waals surface area contributed by atoms with Gasteiger partial charge in [-0.3, -0.25) is 9.59 Å². The van der Waals surface area contributed by atoms with Gasteiger partial charge in [-0.25, -0.2) is 4.39 Å². The van der Waals surface area contributed by atoms with Gasteiger partial charge in [0.1, 0.15) is 5.82 Å². The van der Waals surface area contributed by atoms with Crippen LogP contribution in [0.25, 0.3) is 0 Å². The number of halogens is 1. The van der Waals surface area contributed by atoms with E-state index in [-0.39, 0.29) is 18.1 Å². The van der Waals surface area contributed by atoms with Crippen molar-refractivity contribution in [1.82, 2.24) is 5.32 Å². The molecule has 0 spiro atoms. The molecule has 0 atom stereocenters. The fraction of sp³-hybridized carbons (Fsp3) is 0.429. The van der Waals surface area contributed by atoms with Gasteiger partial charge in [0, 0.05) is 30.0 Å². The minimum atomic E-state index is -0.813. The predicted octanol–water partition coefficient (Wildman–Crippen LogP) is 2.68. The van der Waals surface area contributed by atoms with Crippen molar-refractivity contribution in [1.29, 1.82) is 0 Å². The van der Waals surface area contributed by atoms with E-state index in [1.54, 1.807) is 12.1 Å². The molecule has 110 valence electrons. The Morgan fingerprint density at radius 3 is 2.50 bits per heavy atom. The van der Waals surface area contributed by atoms with Crippen molar-refractivity contribution in [3.05, 3.63) is 30.1 Å². The molecule has 0 unspecified atom stereocenters. The number of rotatable bonds is 9. The highest BCUT2D eigenvalue weighted by molar-refractivity contribution is 7.99. The molecule has 6 heteroatoms. The number of benzene rings is 1. The fourth-order valence-electron chi connectivity index (χ4n) is 1.51. The number of hydrogen-bond donors (Lipinski definition) is 2. The summed E-state index contributed by atoms with van der Waals surface area (Å²) in [5.41, 5.74) is 0. The molecule has 0 aliphatic heterocycles. The average molecular weight is 299 g/mol. The van der Waals surface area contributed by atoms with Gasteiger partial charge in [-0.05, 0) is 37.1 Å². The maximum absolute atomic E-state index is 12.7. The molecule has 0 aliphatic rings. The predicted molar refractivity (Wildman–Crippen MR) is 76.2 cm³/mol. The lowest BCUT2D eigenvalue weighted by molar-refractivity contribution is -0.137. The minimum Gasteiger partial charge on any atom is -0.481 e. The second-order valence-electron chi connectivity index (χ2n) is 4.25. The Balaban J connectivity index is 2.05. The van der Waals surface area contributed by atoms with Crippen molar-refractivity contribution in [3.63, 3.8) is 0 Å². The summed E-state index contributed by atoms with van der Waals surface area (Å²) in [5, 5.41) is 11.2. The van der Waals surface area contributed by atoms with E-state index in [1.165, 1.54) is 23.9 Å². The van der Waals surface area contributed by atoms with Gasteiger partial charge in [-0.2, -0.15) is 0 Å². The first-order valence-corrected chi connectivity index (χ1v) is 7.43. The van der Waals surface area contributed by atoms with Crippen LogP contribution in [0.2, 0.25) is 0 Å². The second-order valence-corrected chi connectivity index (χ2v) is 5.42. The van der Waals surface area contributed by atoms with E-state index in [0.717, 1.165) is 4.90 Å². The number of hydrogen-bond acceptors (Lipinski definition) is 3. The number of carbonyl (C=O) groups is 2. The highest BCUT2D eigenvalue weighted by Crippen LogP contribution is 2.18. The maximum Gasteiger partial charge on any atom is 0.303 e. The molecular formula is C14H18FNO3S. The Kier molecular flexibility index (Phi) is 7.72. The molecule has 0 radical (unpaired) electrons. The summed E-state index contributed by atoms with van der Waals surface area (Å²) < 4.78 is 12.7. The number of carboxylic acid groups (broad SMARTS) is 1. The van der Waals surface area contributed by atoms with Gasteiger partial charge in [0.2, 0.25) is 5.91 Å². The first-order chi connectivity index (χ1) is 9.58. The summed E-state index contributed by atoms with van der Waals surface area (Å²) in [6.07, 6.45) is 1.76. The van der Waals surface area contributed by atoms with Crippen LogP contribution in [0.4, 0.5) is 4.39 Å². The van der Waals surface area contributed by atoms with Crippen LogP contribution in [0.3, 0.4) is 0 Å². The molecule has 1 rings (SSSR count). The van der Waals surface area contributed by atoms with Crippen LogP contribution >= 0.6 is 11.8 Å². The zero-order valence-electron chi connectivity index (χ0n) is 11.1. The Morgan fingerprint density at radius 1 is 1.15 bits per heavy atom. The van der Waals surface area contributed by atoms with E-state index in [0.29, 0.717) is 31.6 Å². The van der Waals surface area contributed by atoms with Crippen molar-refractivity contribution in [2.45, 2.75) is 30.6 Å². The summed E-state index contributed by atoms with van der Waals surface area (Å²) in [5.74, 6) is -0.498. The normalized spacial score (nSPS) is 10.2. The van der Waals surface area contributed by atoms with Crippen LogP contribution in [0.5, 0.6) is 0 Å². The zero-order valence-corrected chi connectivity index (χ0v) is 11.9. The molecule has 2 N–H and O–H groups in total. The van der Waals surface area contributed by atoms with Crippen LogP contribution in [-0.2, 0) is 9.59 Å². The Morgan fingerprint density at radius 2 is 1.85 bits per heavy atom. The lowest BCUT2D eigenvalue weighted by Gasteiger charge is -2.04. The topological polar surface area (TPSA) is 66.4 Å². The molecule has 1 amide bonds. The van der Waals surface area contributed by atoms with Gasteiger partial charge in [-0.15, -0.1) is 11.8 Å². The summed E-state index contributed by atoms with van der Waals surface area (Å²) in [4.78, 5) is 22.7. The van der Waals surface area contributed by atoms with E-state index in [2.05, 4.69) is 5.32 Å². The summed E-state index contributed by atoms with van der Waals surface area (Å²) in [7, 11) is 0. The van der Waals surface area contributed by atoms with Crippen LogP contribution in [0, 0.1) is 5.82 Å². The van der Waals surface area contributed by atoms with E-state index in [1.807, 2.05) is 0 Å². The van der Waals surface area contributed by atoms with Gasteiger partial charge < -0.3 is 10.4 Å². The summed E-state index contributed by atoms with van der Waals surface area (Å²) in [6, 6.07) is 6.16. The van der Waals surface area contributed by atoms with Crippen LogP contribution in [0.1, 0.15) is 25.7 Å². The molecule has 0 bridgehead atoms. The SMILES string of the molecule is O=C(O)CCCCNC(=O)CCSc1ccc(F)cc1. The average Bonchev–Trinajstić information content (AvgIpc) is 2.40. The lowest BCUT2D eigenvalue weighted by Crippen LogP contribution is -2.24. The van der Waals surface area contributed by atoms with Gasteiger partial charge in [0.25, 0.3) is 0 Å². The molecule has 0 saturated carbocycles. The standard InChI is InChI=1S/C14H18FNO3S/c15-11-4-6-12(7-5-11)20-10-8-13(17)16-9-2-1-3-14(18)19/h4-7H,1-3,8-10H2,(H,16,17)(H,18,19). The van der Waals surface area contributed by atoms with Crippen molar-refractivity contribution in [2.24, 2.45) is 0 Å². The molecule has 20 heavy (non-hydrogen) atoms. The lowest BCUT2D eigenvalue weighted by atomic mass is 10.2. The van der Waals surface area contributed by atoms with Gasteiger partial charge in [0.05, 0.1) is 0 Å². The number of aliphatic carboxylic acids is 1. The quantitative estimate of drug-likeness (QED) is 0.543. The van der Waals surface area contributed by atoms with Crippen molar-refractivity contribution in [2.75, 3.05) is 12.3 Å². The first kappa shape index (κ1) is 16.5. The fourth-order valence-corrected chi connectivity index (χ4v) is 2.36. The molecule has 4 nitrogen and oxygen atoms in total. The molecule has 0 fully saturated rings. The largest absolute Gasteiger partial charge is 0.481 e. The van der Waals surface area contributed by atoms with Crippen LogP contribution in [-0.4, -0.2) is 29.3 Å². The first-order valence-electron chi connectivity index (χ1n) is 6.45. The Hall–Kier alpha value is -1.56. The third kappa shape index (κ3) is 7.78. The molecule has 0 heterocycles. The molecule has 1 aromatic rings. The number of nitrogens with one attached hydrogen (secondary N) is 1. The summed E-state index contributed by atoms with van der Waals surface area (Å²) in [6.45, 7) is 0.507. The smallest absolute Gasteiger partial charge is 0.303 e.